The summed E-state index contributed by atoms with van der Waals surface area (Å²) in [6.45, 7) is 5.75. The molecule has 1 aliphatic rings. The molecule has 3 rings (SSSR count). The van der Waals surface area contributed by atoms with Crippen molar-refractivity contribution in [1.82, 2.24) is 10.3 Å². The van der Waals surface area contributed by atoms with E-state index in [4.69, 9.17) is 19.9 Å². The lowest BCUT2D eigenvalue weighted by atomic mass is 9.97. The maximum absolute atomic E-state index is 14.1. The first-order valence-corrected chi connectivity index (χ1v) is 10.7. The van der Waals surface area contributed by atoms with Crippen molar-refractivity contribution < 1.29 is 28.2 Å². The number of rotatable bonds is 8. The third-order valence-electron chi connectivity index (χ3n) is 5.36. The average molecular weight is 458 g/mol. The molecule has 2 aromatic rings. The summed E-state index contributed by atoms with van der Waals surface area (Å²) in [5.41, 5.74) is 6.35. The van der Waals surface area contributed by atoms with Crippen LogP contribution < -0.4 is 20.5 Å². The van der Waals surface area contributed by atoms with Crippen LogP contribution in [0.1, 0.15) is 43.1 Å². The number of carbonyl (C=O) groups excluding carboxylic acids is 2. The first-order valence-electron chi connectivity index (χ1n) is 10.7. The Morgan fingerprint density at radius 1 is 1.33 bits per heavy atom. The maximum atomic E-state index is 14.1. The van der Waals surface area contributed by atoms with E-state index in [1.165, 1.54) is 13.3 Å². The number of alkyl halides is 1. The quantitative estimate of drug-likeness (QED) is 0.589. The molecule has 1 aromatic carbocycles. The van der Waals surface area contributed by atoms with Crippen LogP contribution in [0, 0.1) is 17.8 Å². The molecule has 1 aromatic heterocycles. The maximum Gasteiger partial charge on any atom is 0.255 e. The van der Waals surface area contributed by atoms with E-state index in [-0.39, 0.29) is 30.8 Å². The SMILES string of the molecule is CC[C@H]1C(COc2ncc(C#CCOC)c3cc(C(N)=O)c(OC(C)C)cc23)NC(=O)[C@H]1F. The number of carbonyl (C=O) groups is 2. The van der Waals surface area contributed by atoms with Crippen molar-refractivity contribution in [3.05, 3.63) is 29.5 Å². The lowest BCUT2D eigenvalue weighted by Crippen LogP contribution is -2.34. The van der Waals surface area contributed by atoms with Crippen LogP contribution in [0.4, 0.5) is 4.39 Å². The Hall–Kier alpha value is -3.38. The lowest BCUT2D eigenvalue weighted by Gasteiger charge is -2.19. The van der Waals surface area contributed by atoms with E-state index >= 15 is 0 Å². The highest BCUT2D eigenvalue weighted by molar-refractivity contribution is 6.03. The van der Waals surface area contributed by atoms with Gasteiger partial charge in [0.05, 0.1) is 23.3 Å². The Kier molecular flexibility index (Phi) is 7.71. The van der Waals surface area contributed by atoms with Crippen LogP contribution in [0.3, 0.4) is 0 Å². The molecule has 1 aliphatic heterocycles. The summed E-state index contributed by atoms with van der Waals surface area (Å²) in [6.07, 6.45) is 0.250. The van der Waals surface area contributed by atoms with Crippen molar-refractivity contribution in [2.75, 3.05) is 20.3 Å². The standard InChI is InChI=1S/C24H28FN3O5/c1-5-15-19(28-23(30)21(15)25)12-32-24-17-10-20(33-13(2)3)18(22(26)29)9-16(17)14(11-27-24)7-6-8-31-4/h9-11,13,15,19,21H,5,8,12H2,1-4H3,(H2,26,29)(H,28,30)/t15-,19?,21-/m0/s1. The van der Waals surface area contributed by atoms with Crippen LogP contribution in [-0.2, 0) is 9.53 Å². The molecule has 0 radical (unpaired) electrons. The van der Waals surface area contributed by atoms with Gasteiger partial charge in [0.25, 0.3) is 11.8 Å². The summed E-state index contributed by atoms with van der Waals surface area (Å²) in [7, 11) is 1.54. The van der Waals surface area contributed by atoms with Gasteiger partial charge in [-0.2, -0.15) is 0 Å². The normalized spacial score (nSPS) is 19.8. The van der Waals surface area contributed by atoms with Crippen molar-refractivity contribution in [3.63, 3.8) is 0 Å². The van der Waals surface area contributed by atoms with Gasteiger partial charge in [0.2, 0.25) is 5.88 Å². The predicted octanol–water partition coefficient (Wildman–Crippen LogP) is 2.36. The van der Waals surface area contributed by atoms with Crippen molar-refractivity contribution >= 4 is 22.6 Å². The van der Waals surface area contributed by atoms with Crippen molar-refractivity contribution in [2.45, 2.75) is 45.5 Å². The first-order chi connectivity index (χ1) is 15.8. The molecule has 3 N–H and O–H groups in total. The average Bonchev–Trinajstić information content (AvgIpc) is 3.04. The summed E-state index contributed by atoms with van der Waals surface area (Å²) in [5.74, 6) is 4.63. The molecule has 0 saturated carbocycles. The molecule has 2 amide bonds. The van der Waals surface area contributed by atoms with Crippen LogP contribution in [0.15, 0.2) is 18.3 Å². The number of fused-ring (bicyclic) bond motifs is 1. The second-order valence-corrected chi connectivity index (χ2v) is 8.04. The third kappa shape index (κ3) is 5.34. The van der Waals surface area contributed by atoms with Gasteiger partial charge in [0.1, 0.15) is 19.0 Å². The van der Waals surface area contributed by atoms with Gasteiger partial charge in [-0.3, -0.25) is 9.59 Å². The number of hydrogen-bond donors (Lipinski definition) is 2. The molecule has 0 spiro atoms. The molecule has 9 heteroatoms. The minimum atomic E-state index is -1.56. The topological polar surface area (TPSA) is 113 Å². The molecule has 33 heavy (non-hydrogen) atoms. The number of methoxy groups -OCH3 is 1. The number of aromatic nitrogens is 1. The number of ether oxygens (including phenoxy) is 3. The second kappa shape index (κ2) is 10.5. The number of halogens is 1. The van der Waals surface area contributed by atoms with Gasteiger partial charge in [-0.15, -0.1) is 0 Å². The van der Waals surface area contributed by atoms with E-state index in [2.05, 4.69) is 22.1 Å². The van der Waals surface area contributed by atoms with Gasteiger partial charge in [-0.05, 0) is 32.4 Å². The summed E-state index contributed by atoms with van der Waals surface area (Å²) in [4.78, 5) is 28.2. The number of pyridine rings is 1. The van der Waals surface area contributed by atoms with Crippen LogP contribution in [0.2, 0.25) is 0 Å². The zero-order valence-corrected chi connectivity index (χ0v) is 19.1. The number of benzene rings is 1. The molecule has 0 bridgehead atoms. The second-order valence-electron chi connectivity index (χ2n) is 8.04. The lowest BCUT2D eigenvalue weighted by molar-refractivity contribution is -0.123. The number of amides is 2. The Morgan fingerprint density at radius 3 is 2.73 bits per heavy atom. The fourth-order valence-corrected chi connectivity index (χ4v) is 3.80. The van der Waals surface area contributed by atoms with Crippen molar-refractivity contribution in [2.24, 2.45) is 11.7 Å². The minimum Gasteiger partial charge on any atom is -0.490 e. The summed E-state index contributed by atoms with van der Waals surface area (Å²) >= 11 is 0. The molecule has 1 saturated heterocycles. The van der Waals surface area contributed by atoms with E-state index in [0.717, 1.165) is 0 Å². The summed E-state index contributed by atoms with van der Waals surface area (Å²) in [6, 6.07) is 2.76. The Labute approximate surface area is 192 Å². The number of primary amides is 1. The van der Waals surface area contributed by atoms with Gasteiger partial charge in [0.15, 0.2) is 6.17 Å². The van der Waals surface area contributed by atoms with Gasteiger partial charge in [-0.1, -0.05) is 18.8 Å². The van der Waals surface area contributed by atoms with E-state index in [9.17, 15) is 14.0 Å². The largest absolute Gasteiger partial charge is 0.490 e. The van der Waals surface area contributed by atoms with E-state index < -0.39 is 29.9 Å². The summed E-state index contributed by atoms with van der Waals surface area (Å²) < 4.78 is 30.9. The van der Waals surface area contributed by atoms with E-state index in [1.54, 1.807) is 12.1 Å². The van der Waals surface area contributed by atoms with Gasteiger partial charge in [-0.25, -0.2) is 9.37 Å². The Bertz CT molecular complexity index is 1110. The summed E-state index contributed by atoms with van der Waals surface area (Å²) in [5, 5.41) is 3.79. The van der Waals surface area contributed by atoms with Crippen LogP contribution in [0.25, 0.3) is 10.8 Å². The number of nitrogens with zero attached hydrogens (tertiary/aromatic N) is 1. The Balaban J connectivity index is 2.05. The Morgan fingerprint density at radius 2 is 2.09 bits per heavy atom. The predicted molar refractivity (Wildman–Crippen MR) is 121 cm³/mol. The van der Waals surface area contributed by atoms with E-state index in [0.29, 0.717) is 28.5 Å². The molecule has 1 unspecified atom stereocenters. The number of nitrogens with one attached hydrogen (secondary N) is 1. The smallest absolute Gasteiger partial charge is 0.255 e. The molecule has 3 atom stereocenters. The van der Waals surface area contributed by atoms with Crippen molar-refractivity contribution in [1.29, 1.82) is 0 Å². The molecule has 0 aliphatic carbocycles. The highest BCUT2D eigenvalue weighted by Crippen LogP contribution is 2.34. The molecule has 8 nitrogen and oxygen atoms in total. The monoisotopic (exact) mass is 457 g/mol. The minimum absolute atomic E-state index is 0.0411. The number of hydrogen-bond acceptors (Lipinski definition) is 6. The van der Waals surface area contributed by atoms with Crippen LogP contribution in [0.5, 0.6) is 11.6 Å². The van der Waals surface area contributed by atoms with Gasteiger partial charge >= 0.3 is 0 Å². The highest BCUT2D eigenvalue weighted by Gasteiger charge is 2.41. The van der Waals surface area contributed by atoms with Gasteiger partial charge in [0, 0.05) is 30.0 Å². The molecular weight excluding hydrogens is 429 g/mol. The molecule has 1 fully saturated rings. The van der Waals surface area contributed by atoms with Gasteiger partial charge < -0.3 is 25.3 Å². The first kappa shape index (κ1) is 24.3. The molecule has 2 heterocycles. The highest BCUT2D eigenvalue weighted by atomic mass is 19.1. The zero-order valence-electron chi connectivity index (χ0n) is 19.1. The molecule has 176 valence electrons. The van der Waals surface area contributed by atoms with E-state index in [1.807, 2.05) is 20.8 Å². The van der Waals surface area contributed by atoms with Crippen molar-refractivity contribution in [3.8, 4) is 23.5 Å². The number of nitrogens with two attached hydrogens (primary N) is 1. The third-order valence-corrected chi connectivity index (χ3v) is 5.36. The fraction of sp³-hybridized carbons (Fsp3) is 0.458. The van der Waals surface area contributed by atoms with Crippen LogP contribution in [-0.4, -0.2) is 55.4 Å². The fourth-order valence-electron chi connectivity index (χ4n) is 3.80. The zero-order chi connectivity index (χ0) is 24.1. The molecular formula is C24H28FN3O5. The van der Waals surface area contributed by atoms with Crippen LogP contribution >= 0.6 is 0 Å².